The summed E-state index contributed by atoms with van der Waals surface area (Å²) in [6.07, 6.45) is 0.490. The van der Waals surface area contributed by atoms with Gasteiger partial charge in [0.25, 0.3) is 0 Å². The molecule has 0 fully saturated rings. The Morgan fingerprint density at radius 3 is 2.39 bits per heavy atom. The van der Waals surface area contributed by atoms with E-state index < -0.39 is 11.6 Å². The van der Waals surface area contributed by atoms with Crippen LogP contribution in [0.25, 0.3) is 0 Å². The SMILES string of the molecule is CCC(C(=O)NC(C)(C)C)N(Cc1ccccc1)C(=O)CSCc1c(F)cccc1Cl. The van der Waals surface area contributed by atoms with Gasteiger partial charge in [-0.25, -0.2) is 4.39 Å². The van der Waals surface area contributed by atoms with E-state index in [1.54, 1.807) is 17.0 Å². The molecule has 2 aromatic carbocycles. The molecular weight excluding hydrogens is 435 g/mol. The molecule has 1 atom stereocenters. The molecule has 0 aromatic heterocycles. The average molecular weight is 465 g/mol. The summed E-state index contributed by atoms with van der Waals surface area (Å²) in [7, 11) is 0. The normalized spacial score (nSPS) is 12.3. The van der Waals surface area contributed by atoms with Gasteiger partial charge in [0.1, 0.15) is 11.9 Å². The Bertz CT molecular complexity index is 867. The molecule has 168 valence electrons. The molecule has 0 aliphatic heterocycles. The lowest BCUT2D eigenvalue weighted by Gasteiger charge is -2.33. The third kappa shape index (κ3) is 7.86. The number of carbonyl (C=O) groups excluding carboxylic acids is 2. The molecule has 1 unspecified atom stereocenters. The van der Waals surface area contributed by atoms with Crippen LogP contribution in [0.4, 0.5) is 4.39 Å². The van der Waals surface area contributed by atoms with Crippen LogP contribution in [0.5, 0.6) is 0 Å². The summed E-state index contributed by atoms with van der Waals surface area (Å²) < 4.78 is 14.0. The van der Waals surface area contributed by atoms with Gasteiger partial charge in [-0.1, -0.05) is 54.9 Å². The van der Waals surface area contributed by atoms with Gasteiger partial charge in [-0.3, -0.25) is 9.59 Å². The number of nitrogens with one attached hydrogen (secondary N) is 1. The van der Waals surface area contributed by atoms with Crippen molar-refractivity contribution >= 4 is 35.2 Å². The van der Waals surface area contributed by atoms with Crippen molar-refractivity contribution in [1.82, 2.24) is 10.2 Å². The maximum atomic E-state index is 14.0. The molecule has 0 bridgehead atoms. The van der Waals surface area contributed by atoms with Gasteiger partial charge in [0, 0.05) is 28.4 Å². The lowest BCUT2D eigenvalue weighted by atomic mass is 10.1. The van der Waals surface area contributed by atoms with Crippen molar-refractivity contribution in [1.29, 1.82) is 0 Å². The van der Waals surface area contributed by atoms with E-state index in [0.29, 0.717) is 23.6 Å². The minimum atomic E-state index is -0.593. The molecule has 0 saturated heterocycles. The van der Waals surface area contributed by atoms with Crippen LogP contribution in [0.2, 0.25) is 5.02 Å². The van der Waals surface area contributed by atoms with Gasteiger partial charge in [0.15, 0.2) is 0 Å². The molecule has 0 aliphatic rings. The van der Waals surface area contributed by atoms with E-state index in [4.69, 9.17) is 11.6 Å². The van der Waals surface area contributed by atoms with Crippen molar-refractivity contribution in [3.63, 3.8) is 0 Å². The van der Waals surface area contributed by atoms with E-state index in [0.717, 1.165) is 5.56 Å². The number of amides is 2. The molecule has 0 aliphatic carbocycles. The molecule has 2 aromatic rings. The van der Waals surface area contributed by atoms with Gasteiger partial charge in [0.2, 0.25) is 11.8 Å². The fourth-order valence-electron chi connectivity index (χ4n) is 3.15. The molecule has 31 heavy (non-hydrogen) atoms. The van der Waals surface area contributed by atoms with E-state index in [-0.39, 0.29) is 29.1 Å². The number of hydrogen-bond acceptors (Lipinski definition) is 3. The third-order valence-electron chi connectivity index (χ3n) is 4.61. The number of benzene rings is 2. The molecule has 7 heteroatoms. The minimum Gasteiger partial charge on any atom is -0.350 e. The molecule has 0 saturated carbocycles. The second kappa shape index (κ2) is 11.5. The standard InChI is InChI=1S/C24H30ClFN2O2S/c1-5-21(23(30)27-24(2,3)4)28(14-17-10-7-6-8-11-17)22(29)16-31-15-18-19(25)12-9-13-20(18)26/h6-13,21H,5,14-16H2,1-4H3,(H,27,30). The summed E-state index contributed by atoms with van der Waals surface area (Å²) >= 11 is 7.38. The van der Waals surface area contributed by atoms with Gasteiger partial charge in [0.05, 0.1) is 5.75 Å². The monoisotopic (exact) mass is 464 g/mol. The first kappa shape index (κ1) is 25.2. The Morgan fingerprint density at radius 1 is 1.13 bits per heavy atom. The molecular formula is C24H30ClFN2O2S. The zero-order chi connectivity index (χ0) is 23.0. The Morgan fingerprint density at radius 2 is 1.81 bits per heavy atom. The van der Waals surface area contributed by atoms with Gasteiger partial charge >= 0.3 is 0 Å². The molecule has 1 N–H and O–H groups in total. The van der Waals surface area contributed by atoms with Crippen LogP contribution in [0.15, 0.2) is 48.5 Å². The first-order valence-electron chi connectivity index (χ1n) is 10.3. The van der Waals surface area contributed by atoms with Gasteiger partial charge in [-0.05, 0) is 44.9 Å². The fraction of sp³-hybridized carbons (Fsp3) is 0.417. The predicted octanol–water partition coefficient (Wildman–Crippen LogP) is 5.43. The smallest absolute Gasteiger partial charge is 0.243 e. The molecule has 4 nitrogen and oxygen atoms in total. The Labute approximate surface area is 193 Å². The molecule has 2 rings (SSSR count). The maximum Gasteiger partial charge on any atom is 0.243 e. The Balaban J connectivity index is 2.16. The van der Waals surface area contributed by atoms with Crippen LogP contribution in [0.1, 0.15) is 45.2 Å². The van der Waals surface area contributed by atoms with Gasteiger partial charge in [-0.15, -0.1) is 11.8 Å². The second-order valence-corrected chi connectivity index (χ2v) is 9.76. The highest BCUT2D eigenvalue weighted by atomic mass is 35.5. The van der Waals surface area contributed by atoms with Crippen molar-refractivity contribution in [2.75, 3.05) is 5.75 Å². The predicted molar refractivity (Wildman–Crippen MR) is 127 cm³/mol. The van der Waals surface area contributed by atoms with Crippen LogP contribution in [-0.2, 0) is 21.9 Å². The number of rotatable bonds is 9. The first-order chi connectivity index (χ1) is 14.6. The molecule has 2 amide bonds. The van der Waals surface area contributed by atoms with Crippen LogP contribution in [0.3, 0.4) is 0 Å². The van der Waals surface area contributed by atoms with Crippen molar-refractivity contribution < 1.29 is 14.0 Å². The summed E-state index contributed by atoms with van der Waals surface area (Å²) in [5.74, 6) is -0.332. The van der Waals surface area contributed by atoms with Gasteiger partial charge in [-0.2, -0.15) is 0 Å². The average Bonchev–Trinajstić information content (AvgIpc) is 2.69. The van der Waals surface area contributed by atoms with E-state index >= 15 is 0 Å². The number of halogens is 2. The highest BCUT2D eigenvalue weighted by molar-refractivity contribution is 7.99. The van der Waals surface area contributed by atoms with Crippen LogP contribution in [0, 0.1) is 5.82 Å². The molecule has 0 spiro atoms. The Hall–Kier alpha value is -2.05. The fourth-order valence-corrected chi connectivity index (χ4v) is 4.40. The highest BCUT2D eigenvalue weighted by Gasteiger charge is 2.30. The Kier molecular flexibility index (Phi) is 9.38. The summed E-state index contributed by atoms with van der Waals surface area (Å²) in [5, 5.41) is 3.33. The lowest BCUT2D eigenvalue weighted by Crippen LogP contribution is -2.53. The highest BCUT2D eigenvalue weighted by Crippen LogP contribution is 2.24. The van der Waals surface area contributed by atoms with E-state index in [9.17, 15) is 14.0 Å². The minimum absolute atomic E-state index is 0.122. The van der Waals surface area contributed by atoms with E-state index in [2.05, 4.69) is 5.32 Å². The number of hydrogen-bond donors (Lipinski definition) is 1. The summed E-state index contributed by atoms with van der Waals surface area (Å²) in [6, 6.07) is 13.5. The summed E-state index contributed by atoms with van der Waals surface area (Å²) in [6.45, 7) is 7.96. The van der Waals surface area contributed by atoms with Crippen LogP contribution >= 0.6 is 23.4 Å². The van der Waals surface area contributed by atoms with Gasteiger partial charge < -0.3 is 10.2 Å². The zero-order valence-electron chi connectivity index (χ0n) is 18.5. The molecule has 0 radical (unpaired) electrons. The topological polar surface area (TPSA) is 49.4 Å². The van der Waals surface area contributed by atoms with Crippen LogP contribution in [-0.4, -0.2) is 34.0 Å². The largest absolute Gasteiger partial charge is 0.350 e. The summed E-state index contributed by atoms with van der Waals surface area (Å²) in [5.41, 5.74) is 0.927. The quantitative estimate of drug-likeness (QED) is 0.538. The van der Waals surface area contributed by atoms with E-state index in [1.165, 1.54) is 17.8 Å². The van der Waals surface area contributed by atoms with Crippen molar-refractivity contribution in [3.8, 4) is 0 Å². The van der Waals surface area contributed by atoms with E-state index in [1.807, 2.05) is 58.0 Å². The number of carbonyl (C=O) groups is 2. The first-order valence-corrected chi connectivity index (χ1v) is 11.8. The molecule has 0 heterocycles. The zero-order valence-corrected chi connectivity index (χ0v) is 20.0. The third-order valence-corrected chi connectivity index (χ3v) is 5.91. The van der Waals surface area contributed by atoms with Crippen molar-refractivity contribution in [3.05, 3.63) is 70.5 Å². The maximum absolute atomic E-state index is 14.0. The lowest BCUT2D eigenvalue weighted by molar-refractivity contribution is -0.140. The second-order valence-electron chi connectivity index (χ2n) is 8.36. The van der Waals surface area contributed by atoms with Crippen LogP contribution < -0.4 is 5.32 Å². The summed E-state index contributed by atoms with van der Waals surface area (Å²) in [4.78, 5) is 27.7. The van der Waals surface area contributed by atoms with Crippen molar-refractivity contribution in [2.45, 2.75) is 58.0 Å². The number of thioether (sulfide) groups is 1. The van der Waals surface area contributed by atoms with Crippen molar-refractivity contribution in [2.24, 2.45) is 0 Å². The number of nitrogens with zero attached hydrogens (tertiary/aromatic N) is 1.